The topological polar surface area (TPSA) is 43.8 Å². The van der Waals surface area contributed by atoms with Crippen LogP contribution in [0.3, 0.4) is 0 Å². The van der Waals surface area contributed by atoms with Crippen molar-refractivity contribution in [3.63, 3.8) is 0 Å². The van der Waals surface area contributed by atoms with Crippen molar-refractivity contribution in [3.05, 3.63) is 35.0 Å². The van der Waals surface area contributed by atoms with Gasteiger partial charge in [-0.1, -0.05) is 23.9 Å². The van der Waals surface area contributed by atoms with E-state index in [2.05, 4.69) is 22.8 Å². The van der Waals surface area contributed by atoms with Gasteiger partial charge in [-0.25, -0.2) is 4.98 Å². The molecule has 1 aromatic heterocycles. The number of rotatable bonds is 2. The lowest BCUT2D eigenvalue weighted by molar-refractivity contribution is 0.678. The van der Waals surface area contributed by atoms with E-state index in [1.807, 2.05) is 11.8 Å². The van der Waals surface area contributed by atoms with Crippen LogP contribution in [0.25, 0.3) is 11.3 Å². The minimum absolute atomic E-state index is 0.569. The maximum atomic E-state index is 5.97. The summed E-state index contributed by atoms with van der Waals surface area (Å²) in [6.45, 7) is 1.62. The molecule has 0 unspecified atom stereocenters. The van der Waals surface area contributed by atoms with Gasteiger partial charge in [0.2, 0.25) is 0 Å². The first-order valence-electron chi connectivity index (χ1n) is 7.41. The third-order valence-corrected chi connectivity index (χ3v) is 5.36. The van der Waals surface area contributed by atoms with Crippen LogP contribution in [0, 0.1) is 0 Å². The fourth-order valence-corrected chi connectivity index (χ4v) is 4.32. The van der Waals surface area contributed by atoms with Crippen molar-refractivity contribution in [2.75, 3.05) is 5.75 Å². The van der Waals surface area contributed by atoms with E-state index in [1.54, 1.807) is 0 Å². The number of benzene rings is 1. The number of imidazole rings is 1. The van der Waals surface area contributed by atoms with Crippen molar-refractivity contribution in [2.45, 2.75) is 43.9 Å². The number of fused-ring (bicyclic) bond motifs is 2. The lowest BCUT2D eigenvalue weighted by Crippen LogP contribution is -2.07. The van der Waals surface area contributed by atoms with Crippen LogP contribution in [-0.4, -0.2) is 15.3 Å². The summed E-state index contributed by atoms with van der Waals surface area (Å²) in [5, 5.41) is 1.14. The van der Waals surface area contributed by atoms with Crippen molar-refractivity contribution >= 4 is 11.8 Å². The number of hydrogen-bond donors (Lipinski definition) is 1. The van der Waals surface area contributed by atoms with Gasteiger partial charge in [-0.3, -0.25) is 0 Å². The first kappa shape index (κ1) is 12.5. The molecule has 4 heteroatoms. The van der Waals surface area contributed by atoms with Crippen molar-refractivity contribution in [3.8, 4) is 11.3 Å². The highest BCUT2D eigenvalue weighted by Gasteiger charge is 2.22. The summed E-state index contributed by atoms with van der Waals surface area (Å²) in [6, 6.07) is 6.87. The van der Waals surface area contributed by atoms with Crippen LogP contribution < -0.4 is 5.73 Å². The minimum atomic E-state index is 0.569. The van der Waals surface area contributed by atoms with Crippen LogP contribution in [-0.2, 0) is 25.9 Å². The van der Waals surface area contributed by atoms with Gasteiger partial charge in [-0.15, -0.1) is 0 Å². The molecule has 2 aliphatic rings. The van der Waals surface area contributed by atoms with Crippen molar-refractivity contribution < 1.29 is 0 Å². The molecule has 0 amide bonds. The van der Waals surface area contributed by atoms with Gasteiger partial charge < -0.3 is 10.3 Å². The lowest BCUT2D eigenvalue weighted by Gasteiger charge is -2.16. The van der Waals surface area contributed by atoms with Crippen LogP contribution in [0.1, 0.15) is 29.7 Å². The molecule has 20 heavy (non-hydrogen) atoms. The highest BCUT2D eigenvalue weighted by Crippen LogP contribution is 2.34. The van der Waals surface area contributed by atoms with Gasteiger partial charge in [0, 0.05) is 24.4 Å². The SMILES string of the molecule is NCc1c(-c2ccc3c(c2)CCCC3)nc2n1CCS2. The largest absolute Gasteiger partial charge is 0.325 e. The monoisotopic (exact) mass is 285 g/mol. The molecule has 0 bridgehead atoms. The van der Waals surface area contributed by atoms with Crippen molar-refractivity contribution in [1.29, 1.82) is 0 Å². The maximum absolute atomic E-state index is 5.97. The second-order valence-corrected chi connectivity index (χ2v) is 6.65. The molecule has 0 radical (unpaired) electrons. The number of nitrogens with two attached hydrogens (primary N) is 1. The smallest absolute Gasteiger partial charge is 0.168 e. The van der Waals surface area contributed by atoms with Crippen LogP contribution in [0.5, 0.6) is 0 Å². The molecule has 2 heterocycles. The number of aryl methyl sites for hydroxylation is 2. The molecule has 104 valence electrons. The summed E-state index contributed by atoms with van der Waals surface area (Å²) in [6.07, 6.45) is 5.09. The maximum Gasteiger partial charge on any atom is 0.168 e. The molecule has 3 nitrogen and oxygen atoms in total. The van der Waals surface area contributed by atoms with Gasteiger partial charge in [-0.2, -0.15) is 0 Å². The number of thioether (sulfide) groups is 1. The third-order valence-electron chi connectivity index (χ3n) is 4.40. The summed E-state index contributed by atoms with van der Waals surface area (Å²) < 4.78 is 2.29. The summed E-state index contributed by atoms with van der Waals surface area (Å²) >= 11 is 1.84. The van der Waals surface area contributed by atoms with E-state index in [4.69, 9.17) is 10.7 Å². The Bertz CT molecular complexity index is 660. The molecule has 0 saturated heterocycles. The van der Waals surface area contributed by atoms with Crippen LogP contribution in [0.4, 0.5) is 0 Å². The predicted octanol–water partition coefficient (Wildman–Crippen LogP) is 2.99. The molecular formula is C16H19N3S. The van der Waals surface area contributed by atoms with Gasteiger partial charge in [0.05, 0.1) is 11.4 Å². The van der Waals surface area contributed by atoms with E-state index >= 15 is 0 Å². The van der Waals surface area contributed by atoms with Gasteiger partial charge in [0.15, 0.2) is 5.16 Å². The molecule has 0 saturated carbocycles. The summed E-state index contributed by atoms with van der Waals surface area (Å²) in [5.74, 6) is 1.12. The zero-order chi connectivity index (χ0) is 13.5. The molecule has 1 aromatic carbocycles. The summed E-state index contributed by atoms with van der Waals surface area (Å²) in [7, 11) is 0. The van der Waals surface area contributed by atoms with Crippen LogP contribution in [0.2, 0.25) is 0 Å². The van der Waals surface area contributed by atoms with Gasteiger partial charge in [0.1, 0.15) is 0 Å². The average molecular weight is 285 g/mol. The van der Waals surface area contributed by atoms with Gasteiger partial charge >= 0.3 is 0 Å². The van der Waals surface area contributed by atoms with E-state index in [1.165, 1.54) is 48.1 Å². The Labute approximate surface area is 123 Å². The Kier molecular flexibility index (Phi) is 3.08. The molecule has 2 aromatic rings. The van der Waals surface area contributed by atoms with E-state index in [0.29, 0.717) is 6.54 Å². The Balaban J connectivity index is 1.81. The Morgan fingerprint density at radius 2 is 2.05 bits per heavy atom. The second-order valence-electron chi connectivity index (χ2n) is 5.58. The van der Waals surface area contributed by atoms with Crippen LogP contribution in [0.15, 0.2) is 23.4 Å². The van der Waals surface area contributed by atoms with E-state index in [-0.39, 0.29) is 0 Å². The molecule has 4 rings (SSSR count). The molecular weight excluding hydrogens is 266 g/mol. The fourth-order valence-electron chi connectivity index (χ4n) is 3.35. The van der Waals surface area contributed by atoms with Crippen molar-refractivity contribution in [2.24, 2.45) is 5.73 Å². The first-order chi connectivity index (χ1) is 9.86. The van der Waals surface area contributed by atoms with Crippen LogP contribution >= 0.6 is 11.8 Å². The zero-order valence-corrected chi connectivity index (χ0v) is 12.4. The molecule has 0 fully saturated rings. The molecule has 1 aliphatic carbocycles. The van der Waals surface area contributed by atoms with Gasteiger partial charge in [0.25, 0.3) is 0 Å². The zero-order valence-electron chi connectivity index (χ0n) is 11.6. The number of aromatic nitrogens is 2. The normalized spacial score (nSPS) is 17.1. The first-order valence-corrected chi connectivity index (χ1v) is 8.40. The molecule has 0 atom stereocenters. The lowest BCUT2D eigenvalue weighted by atomic mass is 9.90. The molecule has 0 spiro atoms. The molecule has 1 aliphatic heterocycles. The highest BCUT2D eigenvalue weighted by molar-refractivity contribution is 7.99. The van der Waals surface area contributed by atoms with E-state index in [0.717, 1.165) is 23.1 Å². The standard InChI is InChI=1S/C16H19N3S/c17-10-14-15(18-16-19(14)7-8-20-16)13-6-5-11-3-1-2-4-12(11)9-13/h5-6,9H,1-4,7-8,10,17H2. The number of nitrogens with zero attached hydrogens (tertiary/aromatic N) is 2. The Morgan fingerprint density at radius 1 is 1.20 bits per heavy atom. The predicted molar refractivity (Wildman–Crippen MR) is 82.9 cm³/mol. The van der Waals surface area contributed by atoms with Gasteiger partial charge in [-0.05, 0) is 42.9 Å². The van der Waals surface area contributed by atoms with E-state index in [9.17, 15) is 0 Å². The highest BCUT2D eigenvalue weighted by atomic mass is 32.2. The quantitative estimate of drug-likeness (QED) is 0.922. The fraction of sp³-hybridized carbons (Fsp3) is 0.438. The van der Waals surface area contributed by atoms with E-state index < -0.39 is 0 Å². The second kappa shape index (κ2) is 4.93. The molecule has 2 N–H and O–H groups in total. The Morgan fingerprint density at radius 3 is 2.90 bits per heavy atom. The Hall–Kier alpha value is -1.26. The average Bonchev–Trinajstić information content (AvgIpc) is 3.07. The number of hydrogen-bond acceptors (Lipinski definition) is 3. The third kappa shape index (κ3) is 1.90. The minimum Gasteiger partial charge on any atom is -0.325 e. The van der Waals surface area contributed by atoms with Crippen molar-refractivity contribution in [1.82, 2.24) is 9.55 Å². The summed E-state index contributed by atoms with van der Waals surface area (Å²) in [4.78, 5) is 4.83. The summed E-state index contributed by atoms with van der Waals surface area (Å²) in [5.41, 5.74) is 12.5.